The minimum atomic E-state index is 0.490. The first kappa shape index (κ1) is 16.5. The molecular weight excluding hydrogens is 302 g/mol. The van der Waals surface area contributed by atoms with Crippen molar-refractivity contribution in [3.8, 4) is 0 Å². The van der Waals surface area contributed by atoms with E-state index >= 15 is 0 Å². The molecule has 1 atom stereocenters. The second kappa shape index (κ2) is 7.43. The van der Waals surface area contributed by atoms with Crippen LogP contribution in [0.15, 0.2) is 12.1 Å². The Hall–Kier alpha value is -0.840. The van der Waals surface area contributed by atoms with E-state index in [0.29, 0.717) is 6.04 Å². The van der Waals surface area contributed by atoms with E-state index in [-0.39, 0.29) is 0 Å². The van der Waals surface area contributed by atoms with Crippen molar-refractivity contribution < 1.29 is 0 Å². The minimum Gasteiger partial charge on any atom is -0.314 e. The summed E-state index contributed by atoms with van der Waals surface area (Å²) < 4.78 is 2.85. The van der Waals surface area contributed by atoms with Crippen molar-refractivity contribution in [3.05, 3.63) is 38.3 Å². The summed E-state index contributed by atoms with van der Waals surface area (Å²) in [7, 11) is 2.02. The summed E-state index contributed by atoms with van der Waals surface area (Å²) >= 11 is 7.71. The van der Waals surface area contributed by atoms with Crippen LogP contribution >= 0.6 is 22.9 Å². The molecule has 0 aliphatic rings. The third-order valence-corrected chi connectivity index (χ3v) is 5.22. The van der Waals surface area contributed by atoms with Gasteiger partial charge in [0.15, 0.2) is 0 Å². The Morgan fingerprint density at radius 3 is 2.67 bits per heavy atom. The fourth-order valence-corrected chi connectivity index (χ4v) is 3.93. The minimum absolute atomic E-state index is 0.490. The quantitative estimate of drug-likeness (QED) is 0.836. The highest BCUT2D eigenvalue weighted by atomic mass is 35.5. The molecule has 3 nitrogen and oxygen atoms in total. The van der Waals surface area contributed by atoms with Gasteiger partial charge in [0, 0.05) is 23.7 Å². The molecule has 0 aromatic carbocycles. The van der Waals surface area contributed by atoms with Crippen LogP contribution in [0.5, 0.6) is 0 Å². The van der Waals surface area contributed by atoms with E-state index < -0.39 is 0 Å². The lowest BCUT2D eigenvalue weighted by Gasteiger charge is -2.17. The highest BCUT2D eigenvalue weighted by molar-refractivity contribution is 7.16. The van der Waals surface area contributed by atoms with E-state index in [1.807, 2.05) is 17.8 Å². The van der Waals surface area contributed by atoms with Crippen molar-refractivity contribution >= 4 is 22.9 Å². The molecule has 0 fully saturated rings. The zero-order chi connectivity index (χ0) is 15.4. The number of aryl methyl sites for hydroxylation is 2. The number of halogens is 1. The first-order valence-electron chi connectivity index (χ1n) is 7.48. The van der Waals surface area contributed by atoms with Gasteiger partial charge in [-0.3, -0.25) is 4.68 Å². The molecule has 116 valence electrons. The molecule has 0 spiro atoms. The van der Waals surface area contributed by atoms with Crippen LogP contribution in [-0.4, -0.2) is 22.4 Å². The van der Waals surface area contributed by atoms with Crippen molar-refractivity contribution in [3.63, 3.8) is 0 Å². The van der Waals surface area contributed by atoms with Crippen LogP contribution in [0.1, 0.15) is 35.2 Å². The van der Waals surface area contributed by atoms with Gasteiger partial charge in [0.05, 0.1) is 10.0 Å². The van der Waals surface area contributed by atoms with Crippen molar-refractivity contribution in [2.75, 3.05) is 6.54 Å². The highest BCUT2D eigenvalue weighted by Gasteiger charge is 2.14. The Balaban J connectivity index is 1.99. The zero-order valence-electron chi connectivity index (χ0n) is 13.2. The Kier molecular flexibility index (Phi) is 5.85. The summed E-state index contributed by atoms with van der Waals surface area (Å²) in [6.07, 6.45) is 3.24. The maximum atomic E-state index is 6.03. The lowest BCUT2D eigenvalue weighted by atomic mass is 10.0. The van der Waals surface area contributed by atoms with Gasteiger partial charge in [0.25, 0.3) is 0 Å². The number of thiophene rings is 1. The molecule has 0 radical (unpaired) electrons. The smallest absolute Gasteiger partial charge is 0.0931 e. The molecule has 0 bridgehead atoms. The van der Waals surface area contributed by atoms with Crippen LogP contribution in [0, 0.1) is 13.8 Å². The number of nitrogens with zero attached hydrogens (tertiary/aromatic N) is 2. The normalized spacial score (nSPS) is 12.8. The Bertz CT molecular complexity index is 588. The first-order chi connectivity index (χ1) is 10.0. The second-order valence-electron chi connectivity index (χ2n) is 5.48. The average Bonchev–Trinajstić information content (AvgIpc) is 2.93. The summed E-state index contributed by atoms with van der Waals surface area (Å²) in [4.78, 5) is 1.35. The summed E-state index contributed by atoms with van der Waals surface area (Å²) in [5.41, 5.74) is 3.83. The summed E-state index contributed by atoms with van der Waals surface area (Å²) in [5.74, 6) is 0. The van der Waals surface area contributed by atoms with Gasteiger partial charge in [-0.15, -0.1) is 11.3 Å². The van der Waals surface area contributed by atoms with Crippen LogP contribution in [0.4, 0.5) is 0 Å². The molecule has 1 unspecified atom stereocenters. The maximum Gasteiger partial charge on any atom is 0.0931 e. The van der Waals surface area contributed by atoms with Gasteiger partial charge < -0.3 is 5.32 Å². The summed E-state index contributed by atoms with van der Waals surface area (Å²) in [5, 5.41) is 8.10. The molecule has 2 aromatic rings. The van der Waals surface area contributed by atoms with Crippen molar-refractivity contribution in [1.29, 1.82) is 0 Å². The van der Waals surface area contributed by atoms with Crippen LogP contribution in [0.2, 0.25) is 4.34 Å². The van der Waals surface area contributed by atoms with Gasteiger partial charge >= 0.3 is 0 Å². The molecule has 0 amide bonds. The number of likely N-dealkylation sites (N-methyl/N-ethyl adjacent to an activating group) is 1. The average molecular weight is 326 g/mol. The fraction of sp³-hybridized carbons (Fsp3) is 0.562. The van der Waals surface area contributed by atoms with Gasteiger partial charge in [-0.1, -0.05) is 18.5 Å². The van der Waals surface area contributed by atoms with Gasteiger partial charge in [0.2, 0.25) is 0 Å². The lowest BCUT2D eigenvalue weighted by molar-refractivity contribution is 0.493. The SMILES string of the molecule is CCNC(CCc1c(C)nn(C)c1C)Cc1ccc(Cl)s1. The lowest BCUT2D eigenvalue weighted by Crippen LogP contribution is -2.31. The van der Waals surface area contributed by atoms with Gasteiger partial charge in [0.1, 0.15) is 0 Å². The summed E-state index contributed by atoms with van der Waals surface area (Å²) in [6, 6.07) is 4.61. The molecule has 5 heteroatoms. The molecular formula is C16H24ClN3S. The molecule has 2 rings (SSSR count). The van der Waals surface area contributed by atoms with Crippen LogP contribution in [0.25, 0.3) is 0 Å². The molecule has 0 aliphatic carbocycles. The molecule has 1 N–H and O–H groups in total. The third-order valence-electron chi connectivity index (χ3n) is 3.97. The summed E-state index contributed by atoms with van der Waals surface area (Å²) in [6.45, 7) is 7.41. The standard InChI is InChI=1S/C16H24ClN3S/c1-5-18-13(10-14-7-9-16(17)21-14)6-8-15-11(2)19-20(4)12(15)3/h7,9,13,18H,5-6,8,10H2,1-4H3. The van der Waals surface area contributed by atoms with E-state index in [2.05, 4.69) is 37.3 Å². The van der Waals surface area contributed by atoms with Crippen LogP contribution in [-0.2, 0) is 19.9 Å². The van der Waals surface area contributed by atoms with E-state index in [1.54, 1.807) is 11.3 Å². The van der Waals surface area contributed by atoms with Gasteiger partial charge in [-0.25, -0.2) is 0 Å². The largest absolute Gasteiger partial charge is 0.314 e. The maximum absolute atomic E-state index is 6.03. The molecule has 21 heavy (non-hydrogen) atoms. The fourth-order valence-electron chi connectivity index (χ4n) is 2.77. The second-order valence-corrected chi connectivity index (χ2v) is 7.28. The monoisotopic (exact) mass is 325 g/mol. The molecule has 0 aliphatic heterocycles. The number of nitrogens with one attached hydrogen (secondary N) is 1. The number of rotatable bonds is 7. The van der Waals surface area contributed by atoms with Crippen molar-refractivity contribution in [1.82, 2.24) is 15.1 Å². The molecule has 2 aromatic heterocycles. The first-order valence-corrected chi connectivity index (χ1v) is 8.67. The predicted octanol–water partition coefficient (Wildman–Crippen LogP) is 3.91. The molecule has 0 saturated heterocycles. The highest BCUT2D eigenvalue weighted by Crippen LogP contribution is 2.24. The Morgan fingerprint density at radius 1 is 1.38 bits per heavy atom. The van der Waals surface area contributed by atoms with Gasteiger partial charge in [-0.05, 0) is 57.4 Å². The number of aromatic nitrogens is 2. The van der Waals surface area contributed by atoms with Crippen LogP contribution < -0.4 is 5.32 Å². The van der Waals surface area contributed by atoms with Gasteiger partial charge in [-0.2, -0.15) is 5.10 Å². The van der Waals surface area contributed by atoms with Crippen molar-refractivity contribution in [2.24, 2.45) is 7.05 Å². The van der Waals surface area contributed by atoms with Crippen molar-refractivity contribution in [2.45, 2.75) is 46.1 Å². The number of hydrogen-bond acceptors (Lipinski definition) is 3. The van der Waals surface area contributed by atoms with E-state index in [4.69, 9.17) is 11.6 Å². The van der Waals surface area contributed by atoms with E-state index in [0.717, 1.165) is 35.8 Å². The predicted molar refractivity (Wildman–Crippen MR) is 91.5 cm³/mol. The zero-order valence-corrected chi connectivity index (χ0v) is 14.8. The Morgan fingerprint density at radius 2 is 2.14 bits per heavy atom. The molecule has 2 heterocycles. The third kappa shape index (κ3) is 4.31. The van der Waals surface area contributed by atoms with E-state index in [1.165, 1.54) is 16.1 Å². The topological polar surface area (TPSA) is 29.9 Å². The number of hydrogen-bond donors (Lipinski definition) is 1. The van der Waals surface area contributed by atoms with E-state index in [9.17, 15) is 0 Å². The van der Waals surface area contributed by atoms with Crippen LogP contribution in [0.3, 0.4) is 0 Å². The molecule has 0 saturated carbocycles. The Labute approximate surface area is 136 Å².